The number of aliphatic hydroxyl groups is 1. The molecule has 1 aliphatic rings. The maximum absolute atomic E-state index is 10.2. The molecule has 2 atom stereocenters. The van der Waals surface area contributed by atoms with Crippen LogP contribution >= 0.6 is 0 Å². The highest BCUT2D eigenvalue weighted by atomic mass is 16.6. The predicted molar refractivity (Wildman–Crippen MR) is 102 cm³/mol. The molecule has 0 fully saturated rings. The SMILES string of the molecule is COc1ccc(COC[C@H](O)C[NH+](C)Cc2ccc3c(c2)OCCO3)cc1. The predicted octanol–water partition coefficient (Wildman–Crippen LogP) is 1.06. The van der Waals surface area contributed by atoms with Crippen molar-refractivity contribution >= 4 is 0 Å². The van der Waals surface area contributed by atoms with Crippen LogP contribution in [0.1, 0.15) is 11.1 Å². The number of benzene rings is 2. The maximum Gasteiger partial charge on any atom is 0.161 e. The van der Waals surface area contributed by atoms with Crippen molar-refractivity contribution < 1.29 is 29.0 Å². The third-order valence-corrected chi connectivity index (χ3v) is 4.43. The van der Waals surface area contributed by atoms with Gasteiger partial charge in [-0.25, -0.2) is 0 Å². The third kappa shape index (κ3) is 5.85. The minimum Gasteiger partial charge on any atom is -0.497 e. The summed E-state index contributed by atoms with van der Waals surface area (Å²) in [6.45, 7) is 3.37. The molecule has 0 radical (unpaired) electrons. The van der Waals surface area contributed by atoms with Gasteiger partial charge < -0.3 is 29.0 Å². The van der Waals surface area contributed by atoms with E-state index in [0.717, 1.165) is 34.9 Å². The average Bonchev–Trinajstić information content (AvgIpc) is 2.68. The summed E-state index contributed by atoms with van der Waals surface area (Å²) in [6.07, 6.45) is -0.513. The van der Waals surface area contributed by atoms with E-state index in [1.165, 1.54) is 4.90 Å². The van der Waals surface area contributed by atoms with E-state index >= 15 is 0 Å². The zero-order valence-corrected chi connectivity index (χ0v) is 15.9. The van der Waals surface area contributed by atoms with Gasteiger partial charge in [0, 0.05) is 5.56 Å². The van der Waals surface area contributed by atoms with Crippen molar-refractivity contribution in [1.29, 1.82) is 0 Å². The highest BCUT2D eigenvalue weighted by Gasteiger charge is 2.15. The van der Waals surface area contributed by atoms with Crippen LogP contribution < -0.4 is 19.1 Å². The van der Waals surface area contributed by atoms with Crippen molar-refractivity contribution in [1.82, 2.24) is 0 Å². The summed E-state index contributed by atoms with van der Waals surface area (Å²) in [5.41, 5.74) is 2.21. The summed E-state index contributed by atoms with van der Waals surface area (Å²) in [7, 11) is 3.70. The van der Waals surface area contributed by atoms with E-state index in [2.05, 4.69) is 7.05 Å². The lowest BCUT2D eigenvalue weighted by Crippen LogP contribution is -3.08. The molecule has 2 N–H and O–H groups in total. The molecule has 2 aromatic carbocycles. The first-order valence-corrected chi connectivity index (χ1v) is 9.22. The van der Waals surface area contributed by atoms with Gasteiger partial charge in [0.05, 0.1) is 27.4 Å². The van der Waals surface area contributed by atoms with E-state index in [0.29, 0.717) is 33.0 Å². The van der Waals surface area contributed by atoms with Crippen LogP contribution in [0.15, 0.2) is 42.5 Å². The number of aliphatic hydroxyl groups excluding tert-OH is 1. The van der Waals surface area contributed by atoms with Gasteiger partial charge in [0.1, 0.15) is 38.2 Å². The molecule has 1 aliphatic heterocycles. The lowest BCUT2D eigenvalue weighted by atomic mass is 10.1. The maximum atomic E-state index is 10.2. The zero-order valence-electron chi connectivity index (χ0n) is 15.9. The first kappa shape index (κ1) is 19.5. The second kappa shape index (κ2) is 9.60. The van der Waals surface area contributed by atoms with Gasteiger partial charge in [-0.2, -0.15) is 0 Å². The number of hydrogen-bond donors (Lipinski definition) is 2. The minimum atomic E-state index is -0.513. The van der Waals surface area contributed by atoms with Crippen LogP contribution in [0.5, 0.6) is 17.2 Å². The number of nitrogens with one attached hydrogen (secondary N) is 1. The summed E-state index contributed by atoms with van der Waals surface area (Å²) in [4.78, 5) is 1.20. The third-order valence-electron chi connectivity index (χ3n) is 4.43. The van der Waals surface area contributed by atoms with E-state index in [1.807, 2.05) is 42.5 Å². The van der Waals surface area contributed by atoms with Crippen LogP contribution in [0.3, 0.4) is 0 Å². The van der Waals surface area contributed by atoms with Crippen molar-refractivity contribution in [2.24, 2.45) is 0 Å². The molecule has 0 saturated heterocycles. The van der Waals surface area contributed by atoms with Crippen molar-refractivity contribution in [2.75, 3.05) is 40.5 Å². The molecule has 0 spiro atoms. The molecule has 0 bridgehead atoms. The van der Waals surface area contributed by atoms with Gasteiger partial charge in [-0.05, 0) is 35.9 Å². The molecular weight excluding hydrogens is 346 g/mol. The fourth-order valence-corrected chi connectivity index (χ4v) is 3.11. The van der Waals surface area contributed by atoms with E-state index in [-0.39, 0.29) is 0 Å². The normalized spacial score (nSPS) is 15.2. The number of fused-ring (bicyclic) bond motifs is 1. The number of rotatable bonds is 9. The second-order valence-corrected chi connectivity index (χ2v) is 6.83. The van der Waals surface area contributed by atoms with Crippen LogP contribution in [0.25, 0.3) is 0 Å². The van der Waals surface area contributed by atoms with E-state index in [4.69, 9.17) is 18.9 Å². The first-order valence-electron chi connectivity index (χ1n) is 9.22. The molecule has 2 aromatic rings. The summed E-state index contributed by atoms with van der Waals surface area (Å²) >= 11 is 0. The van der Waals surface area contributed by atoms with Crippen LogP contribution in [-0.2, 0) is 17.9 Å². The molecule has 0 aliphatic carbocycles. The standard InChI is InChI=1S/C21H27NO5/c1-22(12-17-5-8-20-21(11-17)27-10-9-26-20)13-18(23)15-25-14-16-3-6-19(24-2)7-4-16/h3-8,11,18,23H,9-10,12-15H2,1-2H3/p+1/t18-/m1/s1. The van der Waals surface area contributed by atoms with Crippen LogP contribution in [0.2, 0.25) is 0 Å². The highest BCUT2D eigenvalue weighted by Crippen LogP contribution is 2.30. The van der Waals surface area contributed by atoms with E-state index in [9.17, 15) is 5.11 Å². The Kier molecular flexibility index (Phi) is 6.92. The second-order valence-electron chi connectivity index (χ2n) is 6.83. The summed E-state index contributed by atoms with van der Waals surface area (Å²) < 4.78 is 21.9. The Hall–Kier alpha value is -2.28. The molecule has 146 valence electrons. The summed E-state index contributed by atoms with van der Waals surface area (Å²) in [5, 5.41) is 10.2. The fourth-order valence-electron chi connectivity index (χ4n) is 3.11. The van der Waals surface area contributed by atoms with Crippen molar-refractivity contribution in [3.05, 3.63) is 53.6 Å². The molecule has 0 saturated carbocycles. The monoisotopic (exact) mass is 374 g/mol. The van der Waals surface area contributed by atoms with Gasteiger partial charge in [-0.15, -0.1) is 0 Å². The largest absolute Gasteiger partial charge is 0.497 e. The molecule has 1 unspecified atom stereocenters. The molecule has 3 rings (SSSR count). The van der Waals surface area contributed by atoms with Gasteiger partial charge in [0.25, 0.3) is 0 Å². The Labute approximate surface area is 160 Å². The quantitative estimate of drug-likeness (QED) is 0.687. The van der Waals surface area contributed by atoms with Gasteiger partial charge >= 0.3 is 0 Å². The summed E-state index contributed by atoms with van der Waals surface area (Å²) in [6, 6.07) is 13.7. The average molecular weight is 374 g/mol. The number of quaternary nitrogens is 1. The van der Waals surface area contributed by atoms with E-state index in [1.54, 1.807) is 7.11 Å². The summed E-state index contributed by atoms with van der Waals surface area (Å²) in [5.74, 6) is 2.42. The topological polar surface area (TPSA) is 61.6 Å². The lowest BCUT2D eigenvalue weighted by Gasteiger charge is -2.21. The van der Waals surface area contributed by atoms with Crippen molar-refractivity contribution in [3.63, 3.8) is 0 Å². The Morgan fingerprint density at radius 3 is 2.48 bits per heavy atom. The Morgan fingerprint density at radius 1 is 1.04 bits per heavy atom. The van der Waals surface area contributed by atoms with Crippen LogP contribution in [-0.4, -0.2) is 51.7 Å². The number of hydrogen-bond acceptors (Lipinski definition) is 5. The van der Waals surface area contributed by atoms with Gasteiger partial charge in [-0.1, -0.05) is 12.1 Å². The van der Waals surface area contributed by atoms with Crippen molar-refractivity contribution in [2.45, 2.75) is 19.3 Å². The molecule has 0 aromatic heterocycles. The molecule has 0 amide bonds. The highest BCUT2D eigenvalue weighted by molar-refractivity contribution is 5.43. The Balaban J connectivity index is 1.40. The number of methoxy groups -OCH3 is 1. The van der Waals surface area contributed by atoms with Crippen molar-refractivity contribution in [3.8, 4) is 17.2 Å². The fraction of sp³-hybridized carbons (Fsp3) is 0.429. The van der Waals surface area contributed by atoms with Crippen LogP contribution in [0, 0.1) is 0 Å². The molecule has 6 nitrogen and oxygen atoms in total. The molecule has 6 heteroatoms. The smallest absolute Gasteiger partial charge is 0.161 e. The van der Waals surface area contributed by atoms with Crippen LogP contribution in [0.4, 0.5) is 0 Å². The Bertz CT molecular complexity index is 719. The van der Waals surface area contributed by atoms with E-state index < -0.39 is 6.10 Å². The minimum absolute atomic E-state index is 0.310. The zero-order chi connectivity index (χ0) is 19.1. The number of likely N-dealkylation sites (N-methyl/N-ethyl adjacent to an activating group) is 1. The van der Waals surface area contributed by atoms with Gasteiger partial charge in [0.15, 0.2) is 11.5 Å². The molecule has 1 heterocycles. The lowest BCUT2D eigenvalue weighted by molar-refractivity contribution is -0.897. The van der Waals surface area contributed by atoms with Gasteiger partial charge in [-0.3, -0.25) is 0 Å². The first-order chi connectivity index (χ1) is 13.1. The number of ether oxygens (including phenoxy) is 4. The Morgan fingerprint density at radius 2 is 1.74 bits per heavy atom. The molecular formula is C21H28NO5+. The van der Waals surface area contributed by atoms with Gasteiger partial charge in [0.2, 0.25) is 0 Å². The molecule has 27 heavy (non-hydrogen) atoms.